The summed E-state index contributed by atoms with van der Waals surface area (Å²) in [6.45, 7) is 0. The van der Waals surface area contributed by atoms with Crippen molar-refractivity contribution in [2.24, 2.45) is 0 Å². The van der Waals surface area contributed by atoms with Gasteiger partial charge in [-0.2, -0.15) is 0 Å². The molecule has 0 saturated carbocycles. The van der Waals surface area contributed by atoms with E-state index in [1.807, 2.05) is 6.07 Å². The topological polar surface area (TPSA) is 17.3 Å². The first-order chi connectivity index (χ1) is 9.86. The third-order valence-electron chi connectivity index (χ3n) is 4.09. The predicted molar refractivity (Wildman–Crippen MR) is 83.9 cm³/mol. The molecule has 0 bridgehead atoms. The third kappa shape index (κ3) is 1.05. The zero-order valence-corrected chi connectivity index (χ0v) is 11.2. The number of halogens is 1. The largest absolute Gasteiger partial charge is 0.305 e. The van der Waals surface area contributed by atoms with E-state index < -0.39 is 0 Å². The second-order valence-electron chi connectivity index (χ2n) is 5.05. The van der Waals surface area contributed by atoms with Crippen molar-refractivity contribution < 1.29 is 0 Å². The number of pyridine rings is 1. The molecule has 5 rings (SSSR count). The van der Waals surface area contributed by atoms with E-state index in [0.29, 0.717) is 5.15 Å². The molecule has 3 heterocycles. The van der Waals surface area contributed by atoms with Gasteiger partial charge in [0.05, 0.1) is 16.6 Å². The maximum Gasteiger partial charge on any atom is 0.153 e. The summed E-state index contributed by atoms with van der Waals surface area (Å²) in [5.74, 6) is 0. The Morgan fingerprint density at radius 2 is 1.45 bits per heavy atom. The van der Waals surface area contributed by atoms with Crippen molar-refractivity contribution in [3.8, 4) is 0 Å². The van der Waals surface area contributed by atoms with Crippen molar-refractivity contribution in [1.29, 1.82) is 0 Å². The van der Waals surface area contributed by atoms with E-state index in [0.717, 1.165) is 10.9 Å². The highest BCUT2D eigenvalue weighted by molar-refractivity contribution is 6.36. The zero-order valence-electron chi connectivity index (χ0n) is 10.5. The number of rotatable bonds is 0. The van der Waals surface area contributed by atoms with Crippen molar-refractivity contribution in [1.82, 2.24) is 9.38 Å². The molecule has 94 valence electrons. The number of aromatic nitrogens is 2. The predicted octanol–water partition coefficient (Wildman–Crippen LogP) is 4.89. The SMILES string of the molecule is Clc1nccc2c3cccc4c5ccccc5n(c12)c43. The Labute approximate surface area is 119 Å². The lowest BCUT2D eigenvalue weighted by Crippen LogP contribution is -1.83. The average Bonchev–Trinajstić information content (AvgIpc) is 3.00. The van der Waals surface area contributed by atoms with Gasteiger partial charge in [-0.3, -0.25) is 0 Å². The molecule has 0 radical (unpaired) electrons. The fourth-order valence-electron chi connectivity index (χ4n) is 3.33. The number of nitrogens with zero attached hydrogens (tertiary/aromatic N) is 2. The number of fused-ring (bicyclic) bond motifs is 6. The van der Waals surface area contributed by atoms with Gasteiger partial charge in [-0.15, -0.1) is 0 Å². The van der Waals surface area contributed by atoms with Crippen LogP contribution in [0.4, 0.5) is 0 Å². The number of hydrogen-bond acceptors (Lipinski definition) is 1. The number of hydrogen-bond donors (Lipinski definition) is 0. The van der Waals surface area contributed by atoms with Crippen LogP contribution >= 0.6 is 11.6 Å². The van der Waals surface area contributed by atoms with Gasteiger partial charge in [0.1, 0.15) is 0 Å². The molecular weight excluding hydrogens is 268 g/mol. The average molecular weight is 277 g/mol. The second kappa shape index (κ2) is 3.41. The molecule has 0 saturated heterocycles. The van der Waals surface area contributed by atoms with Crippen LogP contribution in [0.5, 0.6) is 0 Å². The van der Waals surface area contributed by atoms with Crippen LogP contribution < -0.4 is 0 Å². The van der Waals surface area contributed by atoms with Gasteiger partial charge in [0.2, 0.25) is 0 Å². The van der Waals surface area contributed by atoms with Crippen molar-refractivity contribution in [3.05, 3.63) is 59.9 Å². The van der Waals surface area contributed by atoms with Crippen LogP contribution in [0.15, 0.2) is 54.7 Å². The van der Waals surface area contributed by atoms with E-state index in [4.69, 9.17) is 11.6 Å². The second-order valence-corrected chi connectivity index (χ2v) is 5.41. The molecule has 2 nitrogen and oxygen atoms in total. The first-order valence-electron chi connectivity index (χ1n) is 6.53. The fraction of sp³-hybridized carbons (Fsp3) is 0. The summed E-state index contributed by atoms with van der Waals surface area (Å²) < 4.78 is 2.24. The van der Waals surface area contributed by atoms with Gasteiger partial charge in [0.15, 0.2) is 5.15 Å². The van der Waals surface area contributed by atoms with Crippen molar-refractivity contribution in [3.63, 3.8) is 0 Å². The van der Waals surface area contributed by atoms with E-state index in [-0.39, 0.29) is 0 Å². The van der Waals surface area contributed by atoms with Crippen molar-refractivity contribution in [2.75, 3.05) is 0 Å². The van der Waals surface area contributed by atoms with Gasteiger partial charge in [-0.1, -0.05) is 48.0 Å². The summed E-state index contributed by atoms with van der Waals surface area (Å²) in [5, 5.41) is 5.48. The summed E-state index contributed by atoms with van der Waals surface area (Å²) in [7, 11) is 0. The Balaban J connectivity index is 2.32. The van der Waals surface area contributed by atoms with Gasteiger partial charge in [0.25, 0.3) is 0 Å². The first kappa shape index (κ1) is 10.5. The molecule has 20 heavy (non-hydrogen) atoms. The molecule has 0 aliphatic carbocycles. The van der Waals surface area contributed by atoms with E-state index in [1.54, 1.807) is 6.20 Å². The molecule has 5 aromatic rings. The fourth-order valence-corrected chi connectivity index (χ4v) is 3.57. The van der Waals surface area contributed by atoms with E-state index in [1.165, 1.54) is 27.2 Å². The smallest absolute Gasteiger partial charge is 0.153 e. The molecule has 3 aromatic heterocycles. The minimum absolute atomic E-state index is 0.557. The van der Waals surface area contributed by atoms with E-state index >= 15 is 0 Å². The summed E-state index contributed by atoms with van der Waals surface area (Å²) in [6.07, 6.45) is 1.77. The molecule has 0 aliphatic rings. The lowest BCUT2D eigenvalue weighted by molar-refractivity contribution is 1.30. The molecule has 0 aliphatic heterocycles. The number of para-hydroxylation sites is 2. The molecule has 0 amide bonds. The van der Waals surface area contributed by atoms with Gasteiger partial charge < -0.3 is 4.40 Å². The van der Waals surface area contributed by atoms with Gasteiger partial charge in [-0.25, -0.2) is 4.98 Å². The quantitative estimate of drug-likeness (QED) is 0.368. The van der Waals surface area contributed by atoms with Crippen LogP contribution in [0.1, 0.15) is 0 Å². The van der Waals surface area contributed by atoms with Crippen LogP contribution in [0.3, 0.4) is 0 Å². The molecular formula is C17H9ClN2. The molecule has 0 unspecified atom stereocenters. The van der Waals surface area contributed by atoms with Crippen LogP contribution in [0.25, 0.3) is 38.1 Å². The molecule has 0 N–H and O–H groups in total. The van der Waals surface area contributed by atoms with Crippen LogP contribution in [0, 0.1) is 0 Å². The Kier molecular flexibility index (Phi) is 1.78. The molecule has 3 heteroatoms. The van der Waals surface area contributed by atoms with Crippen LogP contribution in [-0.2, 0) is 0 Å². The molecule has 0 atom stereocenters. The standard InChI is InChI=1S/C17H9ClN2/c18-17-16-13(8-9-19-17)12-6-3-5-11-10-4-1-2-7-14(10)20(16)15(11)12/h1-9H. The lowest BCUT2D eigenvalue weighted by Gasteiger charge is -1.98. The third-order valence-corrected chi connectivity index (χ3v) is 4.36. The Morgan fingerprint density at radius 1 is 0.750 bits per heavy atom. The Bertz CT molecular complexity index is 1110. The number of benzene rings is 2. The molecule has 0 spiro atoms. The molecule has 2 aromatic carbocycles. The Hall–Kier alpha value is -2.32. The van der Waals surface area contributed by atoms with Gasteiger partial charge in [0, 0.05) is 27.7 Å². The summed E-state index contributed by atoms with van der Waals surface area (Å²) >= 11 is 6.37. The normalized spacial score (nSPS) is 12.2. The summed E-state index contributed by atoms with van der Waals surface area (Å²) in [5.41, 5.74) is 3.42. The summed E-state index contributed by atoms with van der Waals surface area (Å²) in [4.78, 5) is 4.25. The van der Waals surface area contributed by atoms with Crippen LogP contribution in [-0.4, -0.2) is 9.38 Å². The van der Waals surface area contributed by atoms with Gasteiger partial charge >= 0.3 is 0 Å². The van der Waals surface area contributed by atoms with Gasteiger partial charge in [-0.05, 0) is 12.1 Å². The highest BCUT2D eigenvalue weighted by Crippen LogP contribution is 2.40. The first-order valence-corrected chi connectivity index (χ1v) is 6.91. The minimum atomic E-state index is 0.557. The maximum atomic E-state index is 6.37. The van der Waals surface area contributed by atoms with Crippen molar-refractivity contribution in [2.45, 2.75) is 0 Å². The van der Waals surface area contributed by atoms with E-state index in [2.05, 4.69) is 51.8 Å². The monoisotopic (exact) mass is 276 g/mol. The zero-order chi connectivity index (χ0) is 13.3. The van der Waals surface area contributed by atoms with Crippen LogP contribution in [0.2, 0.25) is 5.15 Å². The highest BCUT2D eigenvalue weighted by atomic mass is 35.5. The minimum Gasteiger partial charge on any atom is -0.305 e. The Morgan fingerprint density at radius 3 is 2.35 bits per heavy atom. The van der Waals surface area contributed by atoms with Crippen molar-refractivity contribution >= 4 is 49.7 Å². The summed E-state index contributed by atoms with van der Waals surface area (Å²) in [6, 6.07) is 16.9. The lowest BCUT2D eigenvalue weighted by atomic mass is 10.1. The highest BCUT2D eigenvalue weighted by Gasteiger charge is 2.18. The van der Waals surface area contributed by atoms with E-state index in [9.17, 15) is 0 Å². The molecule has 0 fully saturated rings. The maximum absolute atomic E-state index is 6.37.